The molecule has 6 aromatic rings. The van der Waals surface area contributed by atoms with Crippen molar-refractivity contribution in [3.05, 3.63) is 141 Å². The first kappa shape index (κ1) is 32.6. The monoisotopic (exact) mass is 708 g/mol. The van der Waals surface area contributed by atoms with E-state index in [2.05, 4.69) is 10.3 Å². The molecule has 7 rings (SSSR count). The molecule has 0 spiro atoms. The number of hydrogen-bond acceptors (Lipinski definition) is 9. The maximum atomic E-state index is 14.3. The molecule has 0 fully saturated rings. The molecule has 0 bridgehead atoms. The summed E-state index contributed by atoms with van der Waals surface area (Å²) in [5, 5.41) is 3.18. The third kappa shape index (κ3) is 5.65. The summed E-state index contributed by atoms with van der Waals surface area (Å²) in [6, 6.07) is 24.9. The second kappa shape index (κ2) is 11.9. The zero-order chi connectivity index (χ0) is 35.5. The fourth-order valence-corrected chi connectivity index (χ4v) is 7.18. The molecule has 0 saturated heterocycles. The topological polar surface area (TPSA) is 197 Å². The molecule has 12 nitrogen and oxygen atoms in total. The lowest BCUT2D eigenvalue weighted by Crippen LogP contribution is -2.24. The molecule has 0 radical (unpaired) electrons. The zero-order valence-electron chi connectivity index (χ0n) is 25.8. The van der Waals surface area contributed by atoms with Crippen molar-refractivity contribution in [2.45, 2.75) is 16.7 Å². The largest absolute Gasteiger partial charge is 0.454 e. The minimum Gasteiger partial charge on any atom is -0.454 e. The molecule has 0 saturated carbocycles. The predicted molar refractivity (Wildman–Crippen MR) is 184 cm³/mol. The van der Waals surface area contributed by atoms with Gasteiger partial charge < -0.3 is 15.0 Å². The Kier molecular flexibility index (Phi) is 7.75. The van der Waals surface area contributed by atoms with Crippen LogP contribution in [0.15, 0.2) is 118 Å². The number of hydrogen-bond donors (Lipinski definition) is 4. The molecule has 250 valence electrons. The second-order valence-corrected chi connectivity index (χ2v) is 14.3. The number of carbonyl (C=O) groups is 2. The fraction of sp³-hybridized carbons (Fsp3) is 0.0278. The number of ether oxygens (including phenoxy) is 1. The van der Waals surface area contributed by atoms with Crippen molar-refractivity contribution in [2.75, 3.05) is 5.32 Å². The number of aryl methyl sites for hydroxylation is 1. The van der Waals surface area contributed by atoms with E-state index in [4.69, 9.17) is 4.74 Å². The summed E-state index contributed by atoms with van der Waals surface area (Å²) in [5.41, 5.74) is 0.625. The molecule has 0 unspecified atom stereocenters. The molecule has 0 amide bonds. The number of aromatic nitrogens is 1. The van der Waals surface area contributed by atoms with Crippen molar-refractivity contribution in [3.8, 4) is 22.6 Å². The van der Waals surface area contributed by atoms with Gasteiger partial charge in [0, 0.05) is 33.8 Å². The van der Waals surface area contributed by atoms with Crippen LogP contribution in [-0.2, 0) is 20.2 Å². The Morgan fingerprint density at radius 3 is 2.06 bits per heavy atom. The third-order valence-electron chi connectivity index (χ3n) is 8.22. The first-order valence-corrected chi connectivity index (χ1v) is 17.7. The van der Waals surface area contributed by atoms with Gasteiger partial charge in [-0.15, -0.1) is 0 Å². The van der Waals surface area contributed by atoms with E-state index >= 15 is 0 Å². The molecule has 1 aromatic heterocycles. The van der Waals surface area contributed by atoms with Gasteiger partial charge in [0.1, 0.15) is 10.6 Å². The molecule has 14 heteroatoms. The van der Waals surface area contributed by atoms with E-state index < -0.39 is 42.3 Å². The highest BCUT2D eigenvalue weighted by Crippen LogP contribution is 2.47. The Morgan fingerprint density at radius 2 is 1.40 bits per heavy atom. The summed E-state index contributed by atoms with van der Waals surface area (Å²) in [6.45, 7) is 1.61. The number of fused-ring (bicyclic) bond motifs is 2. The van der Waals surface area contributed by atoms with Gasteiger partial charge in [0.2, 0.25) is 0 Å². The van der Waals surface area contributed by atoms with Gasteiger partial charge in [-0.1, -0.05) is 60.7 Å². The van der Waals surface area contributed by atoms with E-state index in [1.165, 1.54) is 30.3 Å². The van der Waals surface area contributed by atoms with E-state index in [1.54, 1.807) is 67.6 Å². The molecule has 1 heterocycles. The fourth-order valence-electron chi connectivity index (χ4n) is 6.00. The van der Waals surface area contributed by atoms with E-state index in [9.17, 15) is 40.3 Å². The molecule has 5 aromatic carbocycles. The van der Waals surface area contributed by atoms with E-state index in [1.807, 2.05) is 0 Å². The van der Waals surface area contributed by atoms with Gasteiger partial charge in [-0.05, 0) is 54.4 Å². The van der Waals surface area contributed by atoms with Crippen LogP contribution in [0.2, 0.25) is 0 Å². The van der Waals surface area contributed by atoms with E-state index in [0.717, 1.165) is 12.1 Å². The van der Waals surface area contributed by atoms with Crippen LogP contribution in [0.5, 0.6) is 11.5 Å². The van der Waals surface area contributed by atoms with Crippen LogP contribution >= 0.6 is 0 Å². The quantitative estimate of drug-likeness (QED) is 0.102. The number of rotatable bonds is 8. The van der Waals surface area contributed by atoms with Crippen LogP contribution in [0, 0.1) is 6.92 Å². The van der Waals surface area contributed by atoms with Gasteiger partial charge in [-0.2, -0.15) is 16.8 Å². The first-order valence-electron chi connectivity index (χ1n) is 14.8. The van der Waals surface area contributed by atoms with Gasteiger partial charge in [0.25, 0.3) is 25.8 Å². The average Bonchev–Trinajstić information content (AvgIpc) is 3.08. The Balaban J connectivity index is 1.57. The third-order valence-corrected chi connectivity index (χ3v) is 9.96. The molecule has 50 heavy (non-hydrogen) atoms. The number of H-pyrrole nitrogens is 1. The number of ketones is 2. The number of pyridine rings is 1. The highest BCUT2D eigenvalue weighted by molar-refractivity contribution is 7.86. The smallest absolute Gasteiger partial charge is 0.298 e. The minimum absolute atomic E-state index is 0.0252. The van der Waals surface area contributed by atoms with Crippen molar-refractivity contribution in [2.24, 2.45) is 0 Å². The van der Waals surface area contributed by atoms with Gasteiger partial charge >= 0.3 is 0 Å². The molecule has 1 aliphatic rings. The van der Waals surface area contributed by atoms with E-state index in [0.29, 0.717) is 11.1 Å². The van der Waals surface area contributed by atoms with Crippen molar-refractivity contribution in [1.29, 1.82) is 0 Å². The van der Waals surface area contributed by atoms with Crippen LogP contribution in [0.25, 0.3) is 22.0 Å². The van der Waals surface area contributed by atoms with Gasteiger partial charge in [-0.25, -0.2) is 0 Å². The minimum atomic E-state index is -4.80. The summed E-state index contributed by atoms with van der Waals surface area (Å²) in [5.74, 6) is -1.56. The van der Waals surface area contributed by atoms with Crippen LogP contribution < -0.4 is 15.6 Å². The Bertz CT molecular complexity index is 2710. The number of aromatic amines is 1. The van der Waals surface area contributed by atoms with Crippen molar-refractivity contribution < 1.29 is 40.3 Å². The molecule has 0 aliphatic heterocycles. The summed E-state index contributed by atoms with van der Waals surface area (Å²) >= 11 is 0. The highest BCUT2D eigenvalue weighted by Gasteiger charge is 2.35. The van der Waals surface area contributed by atoms with Crippen molar-refractivity contribution in [1.82, 2.24) is 4.98 Å². The normalized spacial score (nSPS) is 12.4. The number of benzene rings is 5. The zero-order valence-corrected chi connectivity index (χ0v) is 27.4. The molecule has 1 aliphatic carbocycles. The van der Waals surface area contributed by atoms with E-state index in [-0.39, 0.29) is 66.5 Å². The summed E-state index contributed by atoms with van der Waals surface area (Å²) in [6.07, 6.45) is 0. The average molecular weight is 709 g/mol. The number of carbonyl (C=O) groups excluding carboxylic acids is 2. The summed E-state index contributed by atoms with van der Waals surface area (Å²) < 4.78 is 73.7. The van der Waals surface area contributed by atoms with Gasteiger partial charge in [-0.3, -0.25) is 23.5 Å². The summed E-state index contributed by atoms with van der Waals surface area (Å²) in [7, 11) is -9.31. The van der Waals surface area contributed by atoms with Crippen LogP contribution in [-0.4, -0.2) is 42.5 Å². The Morgan fingerprint density at radius 1 is 0.740 bits per heavy atom. The lowest BCUT2D eigenvalue weighted by Gasteiger charge is -2.26. The Hall–Kier alpha value is -5.93. The molecule has 4 N–H and O–H groups in total. The number of nitrogens with one attached hydrogen (secondary N) is 2. The SMILES string of the molecule is Cc1ccc(Oc2cc(Nc3ccc(S(=O)(=O)O)cc3)c3c4c(c(C(=O)c5ccccc5)c(=O)[nH]c24)-c2ccccc2C3=O)c(S(=O)(=O)O)c1. The van der Waals surface area contributed by atoms with Crippen LogP contribution in [0.3, 0.4) is 0 Å². The Labute approximate surface area is 284 Å². The summed E-state index contributed by atoms with van der Waals surface area (Å²) in [4.78, 5) is 44.1. The standard InChI is InChI=1S/C36H24N2O10S2/c1-19-11-16-26(28(17-19)50(45,46)47)48-27-18-25(37-21-12-14-22(15-13-21)49(42,43)44)30-31-29(23-9-5-6-10-24(23)35(30)40)32(36(41)38-33(27)31)34(39)20-7-3-2-4-8-20/h2-18,37H,1H3,(H,38,41)(H,42,43,44)(H,45,46,47). The molecular formula is C36H24N2O10S2. The molecule has 0 atom stereocenters. The first-order chi connectivity index (χ1) is 23.7. The molecular weight excluding hydrogens is 685 g/mol. The van der Waals surface area contributed by atoms with Gasteiger partial charge in [0.15, 0.2) is 17.3 Å². The lowest BCUT2D eigenvalue weighted by molar-refractivity contribution is 0.102. The highest BCUT2D eigenvalue weighted by atomic mass is 32.2. The lowest BCUT2D eigenvalue weighted by atomic mass is 9.80. The van der Waals surface area contributed by atoms with Crippen LogP contribution in [0.1, 0.15) is 37.4 Å². The second-order valence-electron chi connectivity index (χ2n) is 11.5. The number of anilines is 2. The van der Waals surface area contributed by atoms with Gasteiger partial charge in [0.05, 0.1) is 27.2 Å². The van der Waals surface area contributed by atoms with Crippen molar-refractivity contribution in [3.63, 3.8) is 0 Å². The maximum absolute atomic E-state index is 14.3. The van der Waals surface area contributed by atoms with Crippen LogP contribution in [0.4, 0.5) is 11.4 Å². The predicted octanol–water partition coefficient (Wildman–Crippen LogP) is 6.31. The maximum Gasteiger partial charge on any atom is 0.298 e. The van der Waals surface area contributed by atoms with Crippen molar-refractivity contribution >= 4 is 54.1 Å².